The van der Waals surface area contributed by atoms with Gasteiger partial charge in [-0.05, 0) is 29.3 Å². The van der Waals surface area contributed by atoms with Crippen molar-refractivity contribution in [2.45, 2.75) is 6.42 Å². The predicted octanol–water partition coefficient (Wildman–Crippen LogP) is 4.10. The van der Waals surface area contributed by atoms with Crippen LogP contribution in [0.2, 0.25) is 0 Å². The highest BCUT2D eigenvalue weighted by atomic mass is 79.9. The first-order valence-corrected chi connectivity index (χ1v) is 6.62. The Labute approximate surface area is 114 Å². The van der Waals surface area contributed by atoms with Crippen LogP contribution in [-0.2, 0) is 6.42 Å². The van der Waals surface area contributed by atoms with E-state index in [1.165, 1.54) is 16.5 Å². The molecule has 3 heteroatoms. The number of benzene rings is 2. The van der Waals surface area contributed by atoms with Gasteiger partial charge in [0.15, 0.2) is 0 Å². The number of aromatic nitrogens is 1. The van der Waals surface area contributed by atoms with Gasteiger partial charge >= 0.3 is 0 Å². The standard InChI is InChI=1S/C15H13BrN2/c16-12-6-5-10(14(17)8-12)7-11-9-18-15-4-2-1-3-13(11)15/h1-6,8-9,18H,7,17H2. The molecule has 0 amide bonds. The molecular formula is C15H13BrN2. The maximum atomic E-state index is 6.04. The number of halogens is 1. The third-order valence-electron chi connectivity index (χ3n) is 3.16. The van der Waals surface area contributed by atoms with Crippen LogP contribution in [-0.4, -0.2) is 4.98 Å². The zero-order valence-electron chi connectivity index (χ0n) is 9.78. The van der Waals surface area contributed by atoms with Crippen LogP contribution in [0.4, 0.5) is 5.69 Å². The Balaban J connectivity index is 2.01. The van der Waals surface area contributed by atoms with Crippen LogP contribution >= 0.6 is 15.9 Å². The molecule has 0 saturated carbocycles. The van der Waals surface area contributed by atoms with Gasteiger partial charge in [-0.25, -0.2) is 0 Å². The van der Waals surface area contributed by atoms with E-state index in [0.717, 1.165) is 22.1 Å². The van der Waals surface area contributed by atoms with E-state index in [2.05, 4.69) is 51.4 Å². The number of hydrogen-bond acceptors (Lipinski definition) is 1. The lowest BCUT2D eigenvalue weighted by Crippen LogP contribution is -1.95. The molecule has 1 heterocycles. The van der Waals surface area contributed by atoms with Crippen LogP contribution in [0.3, 0.4) is 0 Å². The van der Waals surface area contributed by atoms with Gasteiger partial charge in [0.1, 0.15) is 0 Å². The summed E-state index contributed by atoms with van der Waals surface area (Å²) in [5.41, 5.74) is 10.5. The van der Waals surface area contributed by atoms with E-state index >= 15 is 0 Å². The summed E-state index contributed by atoms with van der Waals surface area (Å²) in [6.07, 6.45) is 2.91. The fraction of sp³-hybridized carbons (Fsp3) is 0.0667. The maximum absolute atomic E-state index is 6.04. The summed E-state index contributed by atoms with van der Waals surface area (Å²) in [7, 11) is 0. The van der Waals surface area contributed by atoms with Crippen LogP contribution in [0, 0.1) is 0 Å². The number of rotatable bonds is 2. The number of hydrogen-bond donors (Lipinski definition) is 2. The van der Waals surface area contributed by atoms with Crippen molar-refractivity contribution in [3.05, 3.63) is 64.3 Å². The number of fused-ring (bicyclic) bond motifs is 1. The van der Waals surface area contributed by atoms with Crippen molar-refractivity contribution >= 4 is 32.5 Å². The third-order valence-corrected chi connectivity index (χ3v) is 3.66. The van der Waals surface area contributed by atoms with Gasteiger partial charge in [0.25, 0.3) is 0 Å². The highest BCUT2D eigenvalue weighted by molar-refractivity contribution is 9.10. The average Bonchev–Trinajstić information content (AvgIpc) is 2.76. The SMILES string of the molecule is Nc1cc(Br)ccc1Cc1c[nH]c2ccccc12. The van der Waals surface area contributed by atoms with Gasteiger partial charge in [-0.15, -0.1) is 0 Å². The first-order chi connectivity index (χ1) is 8.74. The maximum Gasteiger partial charge on any atom is 0.0456 e. The summed E-state index contributed by atoms with van der Waals surface area (Å²) in [5.74, 6) is 0. The number of nitrogens with one attached hydrogen (secondary N) is 1. The average molecular weight is 301 g/mol. The summed E-state index contributed by atoms with van der Waals surface area (Å²) >= 11 is 3.43. The Morgan fingerprint density at radius 1 is 1.06 bits per heavy atom. The minimum absolute atomic E-state index is 0.828. The lowest BCUT2D eigenvalue weighted by molar-refractivity contribution is 1.21. The normalized spacial score (nSPS) is 10.9. The van der Waals surface area contributed by atoms with E-state index in [4.69, 9.17) is 5.73 Å². The van der Waals surface area contributed by atoms with Crippen LogP contribution in [0.1, 0.15) is 11.1 Å². The highest BCUT2D eigenvalue weighted by Gasteiger charge is 2.06. The number of para-hydroxylation sites is 1. The second-order valence-corrected chi connectivity index (χ2v) is 5.30. The Morgan fingerprint density at radius 3 is 2.72 bits per heavy atom. The van der Waals surface area contributed by atoms with Gasteiger partial charge in [-0.1, -0.05) is 40.2 Å². The van der Waals surface area contributed by atoms with E-state index in [-0.39, 0.29) is 0 Å². The van der Waals surface area contributed by atoms with E-state index in [0.29, 0.717) is 0 Å². The van der Waals surface area contributed by atoms with Crippen LogP contribution in [0.15, 0.2) is 53.1 Å². The number of nitrogen functional groups attached to an aromatic ring is 1. The van der Waals surface area contributed by atoms with E-state index < -0.39 is 0 Å². The van der Waals surface area contributed by atoms with Crippen molar-refractivity contribution in [2.75, 3.05) is 5.73 Å². The Kier molecular flexibility index (Phi) is 2.84. The first kappa shape index (κ1) is 11.4. The van der Waals surface area contributed by atoms with Crippen LogP contribution in [0.25, 0.3) is 10.9 Å². The van der Waals surface area contributed by atoms with Crippen molar-refractivity contribution in [3.8, 4) is 0 Å². The molecule has 3 N–H and O–H groups in total. The van der Waals surface area contributed by atoms with Crippen LogP contribution < -0.4 is 5.73 Å². The molecule has 0 aliphatic heterocycles. The predicted molar refractivity (Wildman–Crippen MR) is 79.7 cm³/mol. The molecule has 2 aromatic carbocycles. The monoisotopic (exact) mass is 300 g/mol. The smallest absolute Gasteiger partial charge is 0.0456 e. The summed E-state index contributed by atoms with van der Waals surface area (Å²) in [6, 6.07) is 14.4. The lowest BCUT2D eigenvalue weighted by atomic mass is 10.0. The second-order valence-electron chi connectivity index (χ2n) is 4.38. The number of aromatic amines is 1. The van der Waals surface area contributed by atoms with Gasteiger partial charge < -0.3 is 10.7 Å². The molecule has 0 fully saturated rings. The van der Waals surface area contributed by atoms with Crippen molar-refractivity contribution in [1.82, 2.24) is 4.98 Å². The molecular weight excluding hydrogens is 288 g/mol. The van der Waals surface area contributed by atoms with Gasteiger partial charge in [0, 0.05) is 33.7 Å². The molecule has 0 unspecified atom stereocenters. The summed E-state index contributed by atoms with van der Waals surface area (Å²) in [4.78, 5) is 3.29. The molecule has 0 bridgehead atoms. The summed E-state index contributed by atoms with van der Waals surface area (Å²) < 4.78 is 1.02. The van der Waals surface area contributed by atoms with Crippen molar-refractivity contribution in [2.24, 2.45) is 0 Å². The van der Waals surface area contributed by atoms with Gasteiger partial charge in [-0.3, -0.25) is 0 Å². The number of nitrogens with two attached hydrogens (primary N) is 1. The summed E-state index contributed by atoms with van der Waals surface area (Å²) in [5, 5.41) is 1.26. The Morgan fingerprint density at radius 2 is 1.89 bits per heavy atom. The van der Waals surface area contributed by atoms with Gasteiger partial charge in [0.2, 0.25) is 0 Å². The quantitative estimate of drug-likeness (QED) is 0.687. The minimum Gasteiger partial charge on any atom is -0.398 e. The zero-order chi connectivity index (χ0) is 12.5. The zero-order valence-corrected chi connectivity index (χ0v) is 11.4. The molecule has 0 aliphatic carbocycles. The molecule has 18 heavy (non-hydrogen) atoms. The molecule has 3 aromatic rings. The van der Waals surface area contributed by atoms with Gasteiger partial charge in [-0.2, -0.15) is 0 Å². The third kappa shape index (κ3) is 2.02. The van der Waals surface area contributed by atoms with Crippen LogP contribution in [0.5, 0.6) is 0 Å². The van der Waals surface area contributed by atoms with Crippen molar-refractivity contribution in [1.29, 1.82) is 0 Å². The largest absolute Gasteiger partial charge is 0.398 e. The molecule has 0 saturated heterocycles. The fourth-order valence-corrected chi connectivity index (χ4v) is 2.59. The molecule has 1 aromatic heterocycles. The molecule has 0 aliphatic rings. The highest BCUT2D eigenvalue weighted by Crippen LogP contribution is 2.25. The topological polar surface area (TPSA) is 41.8 Å². The van der Waals surface area contributed by atoms with Gasteiger partial charge in [0.05, 0.1) is 0 Å². The number of H-pyrrole nitrogens is 1. The first-order valence-electron chi connectivity index (χ1n) is 5.83. The van der Waals surface area contributed by atoms with E-state index in [1.54, 1.807) is 0 Å². The van der Waals surface area contributed by atoms with Crippen molar-refractivity contribution in [3.63, 3.8) is 0 Å². The molecule has 90 valence electrons. The number of anilines is 1. The lowest BCUT2D eigenvalue weighted by Gasteiger charge is -2.05. The molecule has 0 radical (unpaired) electrons. The molecule has 0 spiro atoms. The second kappa shape index (κ2) is 4.50. The molecule has 3 rings (SSSR count). The minimum atomic E-state index is 0.828. The van der Waals surface area contributed by atoms with Crippen molar-refractivity contribution < 1.29 is 0 Å². The Bertz CT molecular complexity index is 701. The Hall–Kier alpha value is -1.74. The van der Waals surface area contributed by atoms with E-state index in [9.17, 15) is 0 Å². The summed E-state index contributed by atoms with van der Waals surface area (Å²) in [6.45, 7) is 0. The molecule has 2 nitrogen and oxygen atoms in total. The van der Waals surface area contributed by atoms with E-state index in [1.807, 2.05) is 18.2 Å². The fourth-order valence-electron chi connectivity index (χ4n) is 2.21. The molecule has 0 atom stereocenters.